The standard InChI is InChI=1S/C25H20F2N4O3/c26-18-9-16(10-19(27)11-18)14-34-21-6-4-17(5-7-21)22-13-24(30-15-29-22)31-23(25(32)33)12-20-3-1-2-8-28-20/h1-11,13,15,23H,12,14H2,(H,32,33)(H,29,30,31)/t23-/m0/s1. The summed E-state index contributed by atoms with van der Waals surface area (Å²) in [6.45, 7) is 0.0163. The summed E-state index contributed by atoms with van der Waals surface area (Å²) in [6.07, 6.45) is 3.15. The molecule has 2 heterocycles. The Labute approximate surface area is 194 Å². The molecule has 0 saturated carbocycles. The minimum absolute atomic E-state index is 0.0163. The van der Waals surface area contributed by atoms with E-state index in [0.717, 1.165) is 11.6 Å². The highest BCUT2D eigenvalue weighted by atomic mass is 19.1. The number of aromatic nitrogens is 3. The van der Waals surface area contributed by atoms with Gasteiger partial charge >= 0.3 is 5.97 Å². The fourth-order valence-corrected chi connectivity index (χ4v) is 3.28. The average molecular weight is 462 g/mol. The van der Waals surface area contributed by atoms with E-state index in [0.29, 0.717) is 28.5 Å². The molecule has 7 nitrogen and oxygen atoms in total. The number of benzene rings is 2. The molecule has 0 radical (unpaired) electrons. The van der Waals surface area contributed by atoms with E-state index in [4.69, 9.17) is 4.74 Å². The molecule has 2 aromatic heterocycles. The fraction of sp³-hybridized carbons (Fsp3) is 0.120. The van der Waals surface area contributed by atoms with Crippen LogP contribution in [0.2, 0.25) is 0 Å². The van der Waals surface area contributed by atoms with Crippen molar-refractivity contribution in [2.24, 2.45) is 0 Å². The lowest BCUT2D eigenvalue weighted by molar-refractivity contribution is -0.137. The lowest BCUT2D eigenvalue weighted by Crippen LogP contribution is -2.32. The summed E-state index contributed by atoms with van der Waals surface area (Å²) in [5, 5.41) is 12.5. The Kier molecular flexibility index (Phi) is 7.02. The highest BCUT2D eigenvalue weighted by Gasteiger charge is 2.19. The van der Waals surface area contributed by atoms with Crippen LogP contribution in [0.4, 0.5) is 14.6 Å². The SMILES string of the molecule is O=C(O)[C@H](Cc1ccccn1)Nc1cc(-c2ccc(OCc3cc(F)cc(F)c3)cc2)ncn1. The monoisotopic (exact) mass is 462 g/mol. The molecule has 4 aromatic rings. The van der Waals surface area contributed by atoms with Crippen LogP contribution in [-0.2, 0) is 17.8 Å². The molecule has 4 rings (SSSR count). The minimum atomic E-state index is -1.02. The molecule has 0 amide bonds. The van der Waals surface area contributed by atoms with Gasteiger partial charge in [-0.3, -0.25) is 4.98 Å². The third kappa shape index (κ3) is 6.10. The number of hydrogen-bond acceptors (Lipinski definition) is 6. The molecular formula is C25H20F2N4O3. The first-order valence-electron chi connectivity index (χ1n) is 10.4. The molecule has 0 aliphatic carbocycles. The quantitative estimate of drug-likeness (QED) is 0.378. The predicted molar refractivity (Wildman–Crippen MR) is 121 cm³/mol. The molecular weight excluding hydrogens is 442 g/mol. The van der Waals surface area contributed by atoms with Gasteiger partial charge in [0.25, 0.3) is 0 Å². The Hall–Kier alpha value is -4.40. The topological polar surface area (TPSA) is 97.2 Å². The van der Waals surface area contributed by atoms with Crippen molar-refractivity contribution in [3.63, 3.8) is 0 Å². The number of hydrogen-bond donors (Lipinski definition) is 2. The Balaban J connectivity index is 1.43. The van der Waals surface area contributed by atoms with Gasteiger partial charge in [-0.1, -0.05) is 6.07 Å². The second-order valence-corrected chi connectivity index (χ2v) is 7.44. The van der Waals surface area contributed by atoms with Gasteiger partial charge in [-0.25, -0.2) is 23.5 Å². The lowest BCUT2D eigenvalue weighted by atomic mass is 10.1. The van der Waals surface area contributed by atoms with Gasteiger partial charge in [0, 0.05) is 36.0 Å². The van der Waals surface area contributed by atoms with E-state index in [2.05, 4.69) is 20.3 Å². The Morgan fingerprint density at radius 2 is 1.74 bits per heavy atom. The number of aliphatic carboxylic acids is 1. The minimum Gasteiger partial charge on any atom is -0.489 e. The first kappa shape index (κ1) is 22.8. The molecule has 0 bridgehead atoms. The zero-order chi connectivity index (χ0) is 23.9. The van der Waals surface area contributed by atoms with Crippen molar-refractivity contribution >= 4 is 11.8 Å². The summed E-state index contributed by atoms with van der Waals surface area (Å²) in [7, 11) is 0. The first-order chi connectivity index (χ1) is 16.5. The van der Waals surface area contributed by atoms with Crippen molar-refractivity contribution < 1.29 is 23.4 Å². The normalized spacial score (nSPS) is 11.6. The molecule has 34 heavy (non-hydrogen) atoms. The van der Waals surface area contributed by atoms with E-state index in [9.17, 15) is 18.7 Å². The third-order valence-corrected chi connectivity index (χ3v) is 4.90. The van der Waals surface area contributed by atoms with Crippen molar-refractivity contribution in [2.75, 3.05) is 5.32 Å². The maximum absolute atomic E-state index is 13.3. The molecule has 9 heteroatoms. The summed E-state index contributed by atoms with van der Waals surface area (Å²) in [4.78, 5) is 24.3. The highest BCUT2D eigenvalue weighted by molar-refractivity contribution is 5.77. The molecule has 0 saturated heterocycles. The van der Waals surface area contributed by atoms with Crippen molar-refractivity contribution in [2.45, 2.75) is 19.1 Å². The van der Waals surface area contributed by atoms with Gasteiger partial charge < -0.3 is 15.2 Å². The van der Waals surface area contributed by atoms with Crippen LogP contribution in [0.3, 0.4) is 0 Å². The number of anilines is 1. The highest BCUT2D eigenvalue weighted by Crippen LogP contribution is 2.23. The van der Waals surface area contributed by atoms with Crippen molar-refractivity contribution in [3.05, 3.63) is 102 Å². The summed E-state index contributed by atoms with van der Waals surface area (Å²) in [5.41, 5.74) is 2.37. The predicted octanol–water partition coefficient (Wildman–Crippen LogP) is 4.50. The van der Waals surface area contributed by atoms with Crippen LogP contribution >= 0.6 is 0 Å². The molecule has 0 fully saturated rings. The number of carboxylic acid groups (broad SMARTS) is 1. The van der Waals surface area contributed by atoms with E-state index >= 15 is 0 Å². The van der Waals surface area contributed by atoms with Gasteiger partial charge in [-0.15, -0.1) is 0 Å². The Bertz CT molecular complexity index is 1250. The number of carbonyl (C=O) groups is 1. The largest absolute Gasteiger partial charge is 0.489 e. The fourth-order valence-electron chi connectivity index (χ4n) is 3.28. The van der Waals surface area contributed by atoms with Gasteiger partial charge in [0.1, 0.15) is 42.2 Å². The Morgan fingerprint density at radius 1 is 0.971 bits per heavy atom. The summed E-state index contributed by atoms with van der Waals surface area (Å²) < 4.78 is 32.2. The zero-order valence-electron chi connectivity index (χ0n) is 17.9. The van der Waals surface area contributed by atoms with Crippen LogP contribution < -0.4 is 10.1 Å². The van der Waals surface area contributed by atoms with E-state index in [-0.39, 0.29) is 13.0 Å². The number of ether oxygens (including phenoxy) is 1. The van der Waals surface area contributed by atoms with Crippen LogP contribution in [0.25, 0.3) is 11.3 Å². The molecule has 0 aliphatic heterocycles. The molecule has 0 aliphatic rings. The Morgan fingerprint density at radius 3 is 2.41 bits per heavy atom. The molecule has 0 unspecified atom stereocenters. The van der Waals surface area contributed by atoms with E-state index < -0.39 is 23.6 Å². The average Bonchev–Trinajstić information content (AvgIpc) is 2.83. The second-order valence-electron chi connectivity index (χ2n) is 7.44. The van der Waals surface area contributed by atoms with Gasteiger partial charge in [-0.05, 0) is 54.1 Å². The number of halogens is 2. The summed E-state index contributed by atoms with van der Waals surface area (Å²) in [5.74, 6) is -1.46. The summed E-state index contributed by atoms with van der Waals surface area (Å²) >= 11 is 0. The lowest BCUT2D eigenvalue weighted by Gasteiger charge is -2.15. The van der Waals surface area contributed by atoms with E-state index in [1.807, 2.05) is 0 Å². The van der Waals surface area contributed by atoms with Crippen LogP contribution in [0, 0.1) is 11.6 Å². The number of nitrogens with one attached hydrogen (secondary N) is 1. The second kappa shape index (κ2) is 10.5. The number of pyridine rings is 1. The number of carboxylic acids is 1. The van der Waals surface area contributed by atoms with Crippen LogP contribution in [0.1, 0.15) is 11.3 Å². The van der Waals surface area contributed by atoms with Crippen molar-refractivity contribution in [3.8, 4) is 17.0 Å². The van der Waals surface area contributed by atoms with Crippen LogP contribution in [0.15, 0.2) is 79.3 Å². The molecule has 2 N–H and O–H groups in total. The van der Waals surface area contributed by atoms with Gasteiger partial charge in [0.05, 0.1) is 5.69 Å². The molecule has 2 aromatic carbocycles. The summed E-state index contributed by atoms with van der Waals surface area (Å²) in [6, 6.07) is 16.3. The van der Waals surface area contributed by atoms with E-state index in [1.165, 1.54) is 18.5 Å². The first-order valence-corrected chi connectivity index (χ1v) is 10.4. The third-order valence-electron chi connectivity index (χ3n) is 4.90. The van der Waals surface area contributed by atoms with Crippen molar-refractivity contribution in [1.82, 2.24) is 15.0 Å². The van der Waals surface area contributed by atoms with Crippen LogP contribution in [0.5, 0.6) is 5.75 Å². The molecule has 172 valence electrons. The van der Waals surface area contributed by atoms with Gasteiger partial charge in [0.15, 0.2) is 0 Å². The van der Waals surface area contributed by atoms with E-state index in [1.54, 1.807) is 54.7 Å². The van der Waals surface area contributed by atoms with Crippen LogP contribution in [-0.4, -0.2) is 32.1 Å². The zero-order valence-corrected chi connectivity index (χ0v) is 17.9. The molecule has 0 spiro atoms. The van der Waals surface area contributed by atoms with Crippen molar-refractivity contribution in [1.29, 1.82) is 0 Å². The van der Waals surface area contributed by atoms with Gasteiger partial charge in [-0.2, -0.15) is 0 Å². The number of rotatable bonds is 9. The van der Waals surface area contributed by atoms with Gasteiger partial charge in [0.2, 0.25) is 0 Å². The molecule has 1 atom stereocenters. The number of nitrogens with zero attached hydrogens (tertiary/aromatic N) is 3. The maximum Gasteiger partial charge on any atom is 0.326 e. The maximum atomic E-state index is 13.3. The smallest absolute Gasteiger partial charge is 0.326 e.